The van der Waals surface area contributed by atoms with Crippen molar-refractivity contribution in [2.45, 2.75) is 25.7 Å². The molecule has 3 aromatic rings. The molecule has 1 amide bonds. The Morgan fingerprint density at radius 2 is 2.04 bits per heavy atom. The maximum absolute atomic E-state index is 12.5. The van der Waals surface area contributed by atoms with Crippen LogP contribution in [0, 0.1) is 17.8 Å². The van der Waals surface area contributed by atoms with E-state index < -0.39 is 0 Å². The second-order valence-electron chi connectivity index (χ2n) is 7.19. The number of rotatable bonds is 3. The van der Waals surface area contributed by atoms with Crippen LogP contribution >= 0.6 is 11.3 Å². The van der Waals surface area contributed by atoms with E-state index in [4.69, 9.17) is 0 Å². The van der Waals surface area contributed by atoms with Gasteiger partial charge >= 0.3 is 0 Å². The van der Waals surface area contributed by atoms with Crippen molar-refractivity contribution < 1.29 is 4.79 Å². The maximum atomic E-state index is 12.5. The van der Waals surface area contributed by atoms with Crippen molar-refractivity contribution >= 4 is 33.3 Å². The van der Waals surface area contributed by atoms with Gasteiger partial charge in [0, 0.05) is 17.7 Å². The molecule has 4 nitrogen and oxygen atoms in total. The SMILES string of the molecule is O=C(Nc1ccc(-c2nc3ccccc3s2)cn1)C1CC2CCC1C2. The Morgan fingerprint density at radius 3 is 2.76 bits per heavy atom. The predicted molar refractivity (Wildman–Crippen MR) is 100 cm³/mol. The van der Waals surface area contributed by atoms with E-state index in [2.05, 4.69) is 21.4 Å². The molecule has 126 valence electrons. The molecule has 2 saturated carbocycles. The average Bonchev–Trinajstić information content (AvgIpc) is 3.37. The monoisotopic (exact) mass is 349 g/mol. The van der Waals surface area contributed by atoms with E-state index in [0.717, 1.165) is 28.4 Å². The van der Waals surface area contributed by atoms with Crippen molar-refractivity contribution in [1.29, 1.82) is 0 Å². The van der Waals surface area contributed by atoms with Gasteiger partial charge in [0.15, 0.2) is 0 Å². The molecule has 2 aliphatic carbocycles. The molecule has 3 atom stereocenters. The van der Waals surface area contributed by atoms with Gasteiger partial charge in [0.05, 0.1) is 10.2 Å². The quantitative estimate of drug-likeness (QED) is 0.743. The van der Waals surface area contributed by atoms with Crippen LogP contribution in [0.25, 0.3) is 20.8 Å². The van der Waals surface area contributed by atoms with Crippen molar-refractivity contribution in [3.05, 3.63) is 42.6 Å². The van der Waals surface area contributed by atoms with Crippen LogP contribution in [0.1, 0.15) is 25.7 Å². The molecule has 0 spiro atoms. The van der Waals surface area contributed by atoms with Gasteiger partial charge < -0.3 is 5.32 Å². The summed E-state index contributed by atoms with van der Waals surface area (Å²) in [5.41, 5.74) is 2.00. The minimum Gasteiger partial charge on any atom is -0.310 e. The first-order chi connectivity index (χ1) is 12.3. The van der Waals surface area contributed by atoms with Crippen LogP contribution in [0.5, 0.6) is 0 Å². The largest absolute Gasteiger partial charge is 0.310 e. The normalized spacial score (nSPS) is 24.7. The lowest BCUT2D eigenvalue weighted by atomic mass is 9.88. The van der Waals surface area contributed by atoms with E-state index in [9.17, 15) is 4.79 Å². The molecule has 2 bridgehead atoms. The fourth-order valence-corrected chi connectivity index (χ4v) is 5.33. The molecular formula is C20H19N3OS. The first-order valence-electron chi connectivity index (χ1n) is 8.89. The van der Waals surface area contributed by atoms with Gasteiger partial charge in [0.1, 0.15) is 10.8 Å². The number of amides is 1. The Labute approximate surface area is 150 Å². The number of nitrogens with one attached hydrogen (secondary N) is 1. The molecule has 2 aliphatic rings. The highest BCUT2D eigenvalue weighted by atomic mass is 32.1. The molecule has 3 unspecified atom stereocenters. The number of anilines is 1. The van der Waals surface area contributed by atoms with Crippen LogP contribution in [0.3, 0.4) is 0 Å². The minimum atomic E-state index is 0.146. The molecule has 0 aliphatic heterocycles. The van der Waals surface area contributed by atoms with Gasteiger partial charge in [-0.1, -0.05) is 18.6 Å². The van der Waals surface area contributed by atoms with Crippen molar-refractivity contribution in [3.63, 3.8) is 0 Å². The Balaban J connectivity index is 1.32. The van der Waals surface area contributed by atoms with Gasteiger partial charge in [-0.05, 0) is 55.4 Å². The molecule has 0 saturated heterocycles. The molecule has 25 heavy (non-hydrogen) atoms. The number of benzene rings is 1. The average molecular weight is 349 g/mol. The third-order valence-corrected chi connectivity index (χ3v) is 6.72. The molecule has 1 aromatic carbocycles. The molecule has 2 fully saturated rings. The number of hydrogen-bond donors (Lipinski definition) is 1. The van der Waals surface area contributed by atoms with Gasteiger partial charge in [-0.15, -0.1) is 11.3 Å². The van der Waals surface area contributed by atoms with E-state index in [1.54, 1.807) is 17.5 Å². The van der Waals surface area contributed by atoms with E-state index in [0.29, 0.717) is 11.7 Å². The van der Waals surface area contributed by atoms with Crippen LogP contribution in [-0.2, 0) is 4.79 Å². The maximum Gasteiger partial charge on any atom is 0.228 e. The smallest absolute Gasteiger partial charge is 0.228 e. The first kappa shape index (κ1) is 15.0. The number of para-hydroxylation sites is 1. The fourth-order valence-electron chi connectivity index (χ4n) is 4.37. The second kappa shape index (κ2) is 5.92. The highest BCUT2D eigenvalue weighted by Crippen LogP contribution is 2.48. The van der Waals surface area contributed by atoms with Gasteiger partial charge in [0.2, 0.25) is 5.91 Å². The summed E-state index contributed by atoms with van der Waals surface area (Å²) < 4.78 is 1.17. The predicted octanol–water partition coefficient (Wildman–Crippen LogP) is 4.73. The Morgan fingerprint density at radius 1 is 1.12 bits per heavy atom. The molecule has 2 heterocycles. The standard InChI is InChI=1S/C20H19N3OS/c24-19(15-10-12-5-6-13(15)9-12)23-18-8-7-14(11-21-18)20-22-16-3-1-2-4-17(16)25-20/h1-4,7-8,11-13,15H,5-6,9-10H2,(H,21,23,24). The zero-order valence-corrected chi connectivity index (χ0v) is 14.6. The zero-order chi connectivity index (χ0) is 16.8. The van der Waals surface area contributed by atoms with E-state index >= 15 is 0 Å². The third kappa shape index (κ3) is 2.72. The summed E-state index contributed by atoms with van der Waals surface area (Å²) in [4.78, 5) is 21.6. The molecule has 5 rings (SSSR count). The second-order valence-corrected chi connectivity index (χ2v) is 8.22. The number of aromatic nitrogens is 2. The molecule has 0 radical (unpaired) electrons. The van der Waals surface area contributed by atoms with Crippen molar-refractivity contribution in [2.75, 3.05) is 5.32 Å². The van der Waals surface area contributed by atoms with E-state index in [-0.39, 0.29) is 11.8 Å². The van der Waals surface area contributed by atoms with Crippen LogP contribution in [-0.4, -0.2) is 15.9 Å². The lowest BCUT2D eigenvalue weighted by Gasteiger charge is -2.20. The van der Waals surface area contributed by atoms with Gasteiger partial charge in [0.25, 0.3) is 0 Å². The number of fused-ring (bicyclic) bond motifs is 3. The van der Waals surface area contributed by atoms with Crippen LogP contribution in [0.4, 0.5) is 5.82 Å². The summed E-state index contributed by atoms with van der Waals surface area (Å²) in [5, 5.41) is 3.96. The lowest BCUT2D eigenvalue weighted by molar-refractivity contribution is -0.121. The van der Waals surface area contributed by atoms with Gasteiger partial charge in [-0.2, -0.15) is 0 Å². The van der Waals surface area contributed by atoms with E-state index in [1.165, 1.54) is 24.0 Å². The summed E-state index contributed by atoms with van der Waals surface area (Å²) in [7, 11) is 0. The number of pyridine rings is 1. The Kier molecular flexibility index (Phi) is 3.55. The van der Waals surface area contributed by atoms with Crippen LogP contribution in [0.2, 0.25) is 0 Å². The number of carbonyl (C=O) groups excluding carboxylic acids is 1. The number of carbonyl (C=O) groups is 1. The molecule has 2 aromatic heterocycles. The summed E-state index contributed by atoms with van der Waals surface area (Å²) >= 11 is 1.66. The zero-order valence-electron chi connectivity index (χ0n) is 13.8. The highest BCUT2D eigenvalue weighted by Gasteiger charge is 2.43. The van der Waals surface area contributed by atoms with Crippen molar-refractivity contribution in [1.82, 2.24) is 9.97 Å². The summed E-state index contributed by atoms with van der Waals surface area (Å²) in [6.07, 6.45) is 6.62. The van der Waals surface area contributed by atoms with Crippen LogP contribution in [0.15, 0.2) is 42.6 Å². The molecule has 1 N–H and O–H groups in total. The number of hydrogen-bond acceptors (Lipinski definition) is 4. The molecule has 5 heteroatoms. The summed E-state index contributed by atoms with van der Waals surface area (Å²) in [6.45, 7) is 0. The number of nitrogens with zero attached hydrogens (tertiary/aromatic N) is 2. The summed E-state index contributed by atoms with van der Waals surface area (Å²) in [5.74, 6) is 2.33. The van der Waals surface area contributed by atoms with Crippen molar-refractivity contribution in [3.8, 4) is 10.6 Å². The number of thiazole rings is 1. The van der Waals surface area contributed by atoms with E-state index in [1.807, 2.05) is 30.3 Å². The van der Waals surface area contributed by atoms with Crippen LogP contribution < -0.4 is 5.32 Å². The topological polar surface area (TPSA) is 54.9 Å². The third-order valence-electron chi connectivity index (χ3n) is 5.63. The van der Waals surface area contributed by atoms with Gasteiger partial charge in [-0.3, -0.25) is 4.79 Å². The molecular weight excluding hydrogens is 330 g/mol. The Hall–Kier alpha value is -2.27. The highest BCUT2D eigenvalue weighted by molar-refractivity contribution is 7.21. The Bertz CT molecular complexity index is 901. The minimum absolute atomic E-state index is 0.146. The fraction of sp³-hybridized carbons (Fsp3) is 0.350. The summed E-state index contributed by atoms with van der Waals surface area (Å²) in [6, 6.07) is 12.0. The first-order valence-corrected chi connectivity index (χ1v) is 9.71. The van der Waals surface area contributed by atoms with Crippen molar-refractivity contribution in [2.24, 2.45) is 17.8 Å². The van der Waals surface area contributed by atoms with Gasteiger partial charge in [-0.25, -0.2) is 9.97 Å². The lowest BCUT2D eigenvalue weighted by Crippen LogP contribution is -2.27.